The van der Waals surface area contributed by atoms with Crippen LogP contribution >= 0.6 is 11.8 Å². The normalized spacial score (nSPS) is 15.7. The molecule has 1 aliphatic carbocycles. The average molecular weight is 356 g/mol. The Balaban J connectivity index is 1.56. The molecule has 1 aliphatic rings. The number of thioether (sulfide) groups is 1. The van der Waals surface area contributed by atoms with Gasteiger partial charge in [0.1, 0.15) is 0 Å². The zero-order valence-corrected chi connectivity index (χ0v) is 15.0. The largest absolute Gasteiger partial charge is 0.356 e. The lowest BCUT2D eigenvalue weighted by Crippen LogP contribution is -2.29. The van der Waals surface area contributed by atoms with Crippen LogP contribution in [0.5, 0.6) is 0 Å². The van der Waals surface area contributed by atoms with Gasteiger partial charge in [-0.2, -0.15) is 0 Å². The summed E-state index contributed by atoms with van der Waals surface area (Å²) in [6.45, 7) is 0.599. The van der Waals surface area contributed by atoms with Crippen LogP contribution in [0, 0.1) is 0 Å². The molecule has 0 aromatic heterocycles. The van der Waals surface area contributed by atoms with E-state index in [0.717, 1.165) is 37.9 Å². The number of carbonyl (C=O) groups is 1. The van der Waals surface area contributed by atoms with Crippen molar-refractivity contribution < 1.29 is 13.2 Å². The number of amides is 1. The minimum atomic E-state index is -3.09. The zero-order valence-electron chi connectivity index (χ0n) is 13.4. The van der Waals surface area contributed by atoms with E-state index in [4.69, 9.17) is 0 Å². The summed E-state index contributed by atoms with van der Waals surface area (Å²) in [6.07, 6.45) is 4.48. The third-order valence-corrected chi connectivity index (χ3v) is 7.44. The summed E-state index contributed by atoms with van der Waals surface area (Å²) in [6, 6.07) is 10.1. The number of carbonyl (C=O) groups excluding carboxylic acids is 1. The first-order valence-electron chi connectivity index (χ1n) is 8.24. The number of sulfone groups is 1. The molecule has 0 spiro atoms. The topological polar surface area (TPSA) is 63.2 Å². The van der Waals surface area contributed by atoms with Gasteiger partial charge in [0, 0.05) is 17.9 Å². The van der Waals surface area contributed by atoms with Crippen molar-refractivity contribution in [2.45, 2.75) is 48.7 Å². The molecule has 128 valence electrons. The number of hydrogen-bond acceptors (Lipinski definition) is 4. The zero-order chi connectivity index (χ0) is 16.5. The Bertz CT molecular complexity index is 581. The summed E-state index contributed by atoms with van der Waals surface area (Å²) in [5.41, 5.74) is 0. The third-order valence-electron chi connectivity index (χ3n) is 4.08. The number of rotatable bonds is 9. The Morgan fingerprint density at radius 2 is 1.87 bits per heavy atom. The first-order valence-corrected chi connectivity index (χ1v) is 10.9. The van der Waals surface area contributed by atoms with Gasteiger partial charge in [-0.15, -0.1) is 11.8 Å². The van der Waals surface area contributed by atoms with Crippen LogP contribution in [0.4, 0.5) is 0 Å². The Labute approximate surface area is 143 Å². The van der Waals surface area contributed by atoms with Gasteiger partial charge in [-0.05, 0) is 37.1 Å². The lowest BCUT2D eigenvalue weighted by molar-refractivity contribution is -0.120. The molecule has 1 N–H and O–H groups in total. The molecule has 23 heavy (non-hydrogen) atoms. The third kappa shape index (κ3) is 6.55. The van der Waals surface area contributed by atoms with Crippen molar-refractivity contribution in [3.63, 3.8) is 0 Å². The van der Waals surface area contributed by atoms with E-state index in [-0.39, 0.29) is 23.3 Å². The Morgan fingerprint density at radius 1 is 1.17 bits per heavy atom. The highest BCUT2D eigenvalue weighted by molar-refractivity contribution is 7.99. The fraction of sp³-hybridized carbons (Fsp3) is 0.588. The first kappa shape index (κ1) is 18.3. The van der Waals surface area contributed by atoms with Crippen molar-refractivity contribution >= 4 is 27.5 Å². The highest BCUT2D eigenvalue weighted by Crippen LogP contribution is 2.25. The van der Waals surface area contributed by atoms with Crippen LogP contribution in [0.15, 0.2) is 35.2 Å². The quantitative estimate of drug-likeness (QED) is 0.546. The summed E-state index contributed by atoms with van der Waals surface area (Å²) in [5, 5.41) is 2.60. The summed E-state index contributed by atoms with van der Waals surface area (Å²) in [4.78, 5) is 13.0. The van der Waals surface area contributed by atoms with Crippen LogP contribution in [0.1, 0.15) is 38.5 Å². The molecular weight excluding hydrogens is 330 g/mol. The number of nitrogens with one attached hydrogen (secondary N) is 1. The van der Waals surface area contributed by atoms with E-state index in [1.54, 1.807) is 11.8 Å². The highest BCUT2D eigenvalue weighted by Gasteiger charge is 2.28. The molecule has 1 aromatic carbocycles. The molecule has 0 atom stereocenters. The van der Waals surface area contributed by atoms with E-state index in [1.165, 1.54) is 4.90 Å². The molecule has 0 heterocycles. The van der Waals surface area contributed by atoms with E-state index < -0.39 is 9.84 Å². The van der Waals surface area contributed by atoms with Gasteiger partial charge in [0.05, 0.1) is 11.0 Å². The van der Waals surface area contributed by atoms with Gasteiger partial charge in [0.25, 0.3) is 0 Å². The maximum absolute atomic E-state index is 12.1. The Kier molecular flexibility index (Phi) is 7.43. The maximum Gasteiger partial charge on any atom is 0.221 e. The summed E-state index contributed by atoms with van der Waals surface area (Å²) >= 11 is 1.76. The Hall–Kier alpha value is -1.01. The van der Waals surface area contributed by atoms with Gasteiger partial charge in [0.2, 0.25) is 5.91 Å². The standard InChI is InChI=1S/C17H25NO3S2/c19-17(11-14-23(20,21)16-9-4-5-10-16)18-12-6-13-22-15-7-2-1-3-8-15/h1-3,7-8,16H,4-6,9-14H2,(H,18,19). The van der Waals surface area contributed by atoms with Crippen LogP contribution in [0.2, 0.25) is 0 Å². The van der Waals surface area contributed by atoms with Crippen LogP contribution < -0.4 is 5.32 Å². The molecule has 0 aliphatic heterocycles. The van der Waals surface area contributed by atoms with E-state index >= 15 is 0 Å². The van der Waals surface area contributed by atoms with Crippen LogP contribution in [0.25, 0.3) is 0 Å². The second-order valence-electron chi connectivity index (χ2n) is 5.89. The molecule has 1 fully saturated rings. The second kappa shape index (κ2) is 9.33. The van der Waals surface area contributed by atoms with Gasteiger partial charge in [0.15, 0.2) is 9.84 Å². The van der Waals surface area contributed by atoms with Crippen LogP contribution in [0.3, 0.4) is 0 Å². The van der Waals surface area contributed by atoms with E-state index in [9.17, 15) is 13.2 Å². The minimum Gasteiger partial charge on any atom is -0.356 e. The second-order valence-corrected chi connectivity index (χ2v) is 9.46. The molecule has 6 heteroatoms. The molecule has 0 saturated heterocycles. The molecule has 2 rings (SSSR count). The Morgan fingerprint density at radius 3 is 2.57 bits per heavy atom. The van der Waals surface area contributed by atoms with Crippen molar-refractivity contribution in [3.05, 3.63) is 30.3 Å². The van der Waals surface area contributed by atoms with Crippen LogP contribution in [-0.4, -0.2) is 37.6 Å². The number of hydrogen-bond donors (Lipinski definition) is 1. The fourth-order valence-corrected chi connectivity index (χ4v) is 5.47. The highest BCUT2D eigenvalue weighted by atomic mass is 32.2. The monoisotopic (exact) mass is 355 g/mol. The van der Waals surface area contributed by atoms with E-state index in [2.05, 4.69) is 17.4 Å². The molecule has 0 bridgehead atoms. The lowest BCUT2D eigenvalue weighted by atomic mass is 10.4. The van der Waals surface area contributed by atoms with Gasteiger partial charge in [-0.25, -0.2) is 8.42 Å². The van der Waals surface area contributed by atoms with Crippen molar-refractivity contribution in [2.24, 2.45) is 0 Å². The molecular formula is C17H25NO3S2. The first-order chi connectivity index (χ1) is 11.1. The lowest BCUT2D eigenvalue weighted by Gasteiger charge is -2.11. The van der Waals surface area contributed by atoms with E-state index in [0.29, 0.717) is 6.54 Å². The average Bonchev–Trinajstić information content (AvgIpc) is 3.09. The van der Waals surface area contributed by atoms with Crippen LogP contribution in [-0.2, 0) is 14.6 Å². The molecule has 1 saturated carbocycles. The molecule has 1 aromatic rings. The predicted octanol–water partition coefficient (Wildman–Crippen LogP) is 3.03. The van der Waals surface area contributed by atoms with Crippen molar-refractivity contribution in [1.29, 1.82) is 0 Å². The number of benzene rings is 1. The van der Waals surface area contributed by atoms with Gasteiger partial charge in [-0.1, -0.05) is 31.0 Å². The fourth-order valence-electron chi connectivity index (χ4n) is 2.74. The van der Waals surface area contributed by atoms with Crippen molar-refractivity contribution in [1.82, 2.24) is 5.32 Å². The molecule has 0 unspecified atom stereocenters. The van der Waals surface area contributed by atoms with Gasteiger partial charge in [-0.3, -0.25) is 4.79 Å². The molecule has 4 nitrogen and oxygen atoms in total. The maximum atomic E-state index is 12.1. The van der Waals surface area contributed by atoms with E-state index in [1.807, 2.05) is 18.2 Å². The minimum absolute atomic E-state index is 0.0116. The summed E-state index contributed by atoms with van der Waals surface area (Å²) < 4.78 is 24.2. The molecule has 0 radical (unpaired) electrons. The summed E-state index contributed by atoms with van der Waals surface area (Å²) in [5.74, 6) is 0.767. The SMILES string of the molecule is O=C(CCS(=O)(=O)C1CCCC1)NCCCSc1ccccc1. The van der Waals surface area contributed by atoms with Crippen molar-refractivity contribution in [2.75, 3.05) is 18.1 Å². The predicted molar refractivity (Wildman–Crippen MR) is 95.5 cm³/mol. The summed E-state index contributed by atoms with van der Waals surface area (Å²) in [7, 11) is -3.09. The smallest absolute Gasteiger partial charge is 0.221 e. The van der Waals surface area contributed by atoms with Gasteiger partial charge < -0.3 is 5.32 Å². The van der Waals surface area contributed by atoms with Crippen molar-refractivity contribution in [3.8, 4) is 0 Å². The molecule has 1 amide bonds. The van der Waals surface area contributed by atoms with Gasteiger partial charge >= 0.3 is 0 Å².